The zero-order valence-electron chi connectivity index (χ0n) is 6.91. The molecule has 3 nitrogen and oxygen atoms in total. The first kappa shape index (κ1) is 9.95. The van der Waals surface area contributed by atoms with Gasteiger partial charge in [-0.2, -0.15) is 10.2 Å². The quantitative estimate of drug-likeness (QED) is 0.626. The maximum absolute atomic E-state index is 9.62. The molecule has 2 rings (SSSR count). The average molecular weight is 242 g/mol. The Bertz CT molecular complexity index is 463. The van der Waals surface area contributed by atoms with Crippen LogP contribution < -0.4 is 0 Å². The zero-order chi connectivity index (χ0) is 9.97. The molecule has 1 aromatic heterocycles. The van der Waals surface area contributed by atoms with Crippen LogP contribution in [-0.2, 0) is 0 Å². The lowest BCUT2D eigenvalue weighted by molar-refractivity contribution is 0.463. The van der Waals surface area contributed by atoms with Crippen LogP contribution in [-0.4, -0.2) is 15.3 Å². The number of hydrogen-bond donors (Lipinski definition) is 2. The first-order chi connectivity index (χ1) is 6.81. The molecular formula is C8H6N2OS3. The van der Waals surface area contributed by atoms with E-state index >= 15 is 0 Å². The van der Waals surface area contributed by atoms with Gasteiger partial charge in [0.05, 0.1) is 16.6 Å². The number of benzene rings is 1. The van der Waals surface area contributed by atoms with E-state index in [0.717, 1.165) is 15.8 Å². The summed E-state index contributed by atoms with van der Waals surface area (Å²) < 4.78 is 0. The highest BCUT2D eigenvalue weighted by molar-refractivity contribution is 9.05. The molecule has 0 radical (unpaired) electrons. The van der Waals surface area contributed by atoms with E-state index in [9.17, 15) is 5.11 Å². The number of thiol groups is 1. The number of phenols is 1. The lowest BCUT2D eigenvalue weighted by atomic mass is 10.2. The van der Waals surface area contributed by atoms with Crippen LogP contribution in [0.2, 0.25) is 0 Å². The molecular weight excluding hydrogens is 236 g/mol. The number of fused-ring (bicyclic) bond motifs is 1. The van der Waals surface area contributed by atoms with Gasteiger partial charge in [-0.05, 0) is 38.8 Å². The Balaban J connectivity index is 2.59. The third-order valence-corrected chi connectivity index (χ3v) is 3.74. The number of aromatic hydroxyl groups is 1. The molecule has 1 N–H and O–H groups in total. The van der Waals surface area contributed by atoms with Crippen LogP contribution >= 0.6 is 32.3 Å². The average Bonchev–Trinajstić information content (AvgIpc) is 2.19. The number of phenolic OH excluding ortho intramolecular Hbond substituents is 1. The number of hydrogen-bond acceptors (Lipinski definition) is 6. The van der Waals surface area contributed by atoms with Crippen LogP contribution in [0.5, 0.6) is 5.75 Å². The van der Waals surface area contributed by atoms with Crippen molar-refractivity contribution in [3.05, 3.63) is 24.4 Å². The molecule has 0 saturated carbocycles. The molecule has 0 bridgehead atoms. The molecule has 0 spiro atoms. The first-order valence-electron chi connectivity index (χ1n) is 3.74. The van der Waals surface area contributed by atoms with Gasteiger partial charge in [-0.3, -0.25) is 0 Å². The molecule has 14 heavy (non-hydrogen) atoms. The summed E-state index contributed by atoms with van der Waals surface area (Å²) in [4.78, 5) is 0.748. The third kappa shape index (κ3) is 1.92. The monoisotopic (exact) mass is 242 g/mol. The van der Waals surface area contributed by atoms with E-state index in [1.807, 2.05) is 6.07 Å². The fourth-order valence-electron chi connectivity index (χ4n) is 1.11. The van der Waals surface area contributed by atoms with Crippen molar-refractivity contribution in [2.24, 2.45) is 0 Å². The predicted molar refractivity (Wildman–Crippen MR) is 63.6 cm³/mol. The van der Waals surface area contributed by atoms with Crippen LogP contribution in [0.1, 0.15) is 0 Å². The van der Waals surface area contributed by atoms with Gasteiger partial charge in [0.1, 0.15) is 5.75 Å². The zero-order valence-corrected chi connectivity index (χ0v) is 9.44. The van der Waals surface area contributed by atoms with Gasteiger partial charge in [-0.25, -0.2) is 0 Å². The normalized spacial score (nSPS) is 10.6. The van der Waals surface area contributed by atoms with Gasteiger partial charge < -0.3 is 5.11 Å². The van der Waals surface area contributed by atoms with Crippen molar-refractivity contribution < 1.29 is 5.11 Å². The molecule has 0 atom stereocenters. The SMILES string of the molecule is Oc1cc2ccnnc2cc1SSS. The summed E-state index contributed by atoms with van der Waals surface area (Å²) in [5.41, 5.74) is 0.773. The van der Waals surface area contributed by atoms with E-state index in [1.165, 1.54) is 20.6 Å². The van der Waals surface area contributed by atoms with Crippen molar-refractivity contribution >= 4 is 43.2 Å². The van der Waals surface area contributed by atoms with Crippen LogP contribution in [0.15, 0.2) is 29.3 Å². The largest absolute Gasteiger partial charge is 0.507 e. The van der Waals surface area contributed by atoms with Crippen molar-refractivity contribution in [2.45, 2.75) is 4.90 Å². The van der Waals surface area contributed by atoms with E-state index < -0.39 is 0 Å². The topological polar surface area (TPSA) is 46.0 Å². The first-order valence-corrected chi connectivity index (χ1v) is 6.94. The highest BCUT2D eigenvalue weighted by Gasteiger charge is 2.04. The second kappa shape index (κ2) is 4.29. The molecule has 1 aromatic carbocycles. The van der Waals surface area contributed by atoms with Gasteiger partial charge in [0.15, 0.2) is 0 Å². The Kier molecular flexibility index (Phi) is 3.05. The molecule has 6 heteroatoms. The van der Waals surface area contributed by atoms with Gasteiger partial charge >= 0.3 is 0 Å². The van der Waals surface area contributed by atoms with Gasteiger partial charge in [-0.1, -0.05) is 11.7 Å². The van der Waals surface area contributed by atoms with E-state index in [2.05, 4.69) is 21.9 Å². The number of rotatable bonds is 2. The van der Waals surface area contributed by atoms with Crippen molar-refractivity contribution in [1.82, 2.24) is 10.2 Å². The van der Waals surface area contributed by atoms with Gasteiger partial charge in [0, 0.05) is 5.39 Å². The fraction of sp³-hybridized carbons (Fsp3) is 0. The fourth-order valence-corrected chi connectivity index (χ4v) is 2.86. The smallest absolute Gasteiger partial charge is 0.130 e. The molecule has 0 aliphatic carbocycles. The lowest BCUT2D eigenvalue weighted by Crippen LogP contribution is -1.82. The summed E-state index contributed by atoms with van der Waals surface area (Å²) in [7, 11) is 2.66. The van der Waals surface area contributed by atoms with Gasteiger partial charge in [0.25, 0.3) is 0 Å². The highest BCUT2D eigenvalue weighted by Crippen LogP contribution is 2.40. The Morgan fingerprint density at radius 2 is 2.21 bits per heavy atom. The Hall–Kier alpha value is -0.590. The number of nitrogens with zero attached hydrogens (tertiary/aromatic N) is 2. The van der Waals surface area contributed by atoms with Crippen molar-refractivity contribution in [2.75, 3.05) is 0 Å². The summed E-state index contributed by atoms with van der Waals surface area (Å²) in [5, 5.41) is 18.2. The van der Waals surface area contributed by atoms with Crippen molar-refractivity contribution in [3.8, 4) is 5.75 Å². The predicted octanol–water partition coefficient (Wildman–Crippen LogP) is 2.92. The van der Waals surface area contributed by atoms with Crippen LogP contribution in [0.4, 0.5) is 0 Å². The van der Waals surface area contributed by atoms with E-state index in [1.54, 1.807) is 18.3 Å². The van der Waals surface area contributed by atoms with Crippen molar-refractivity contribution in [3.63, 3.8) is 0 Å². The Morgan fingerprint density at radius 1 is 1.36 bits per heavy atom. The maximum Gasteiger partial charge on any atom is 0.130 e. The minimum absolute atomic E-state index is 0.247. The molecule has 0 fully saturated rings. The van der Waals surface area contributed by atoms with E-state index in [-0.39, 0.29) is 5.75 Å². The molecule has 0 aliphatic heterocycles. The minimum Gasteiger partial charge on any atom is -0.507 e. The third-order valence-electron chi connectivity index (χ3n) is 1.72. The number of aromatic nitrogens is 2. The van der Waals surface area contributed by atoms with Gasteiger partial charge in [-0.15, -0.1) is 0 Å². The highest BCUT2D eigenvalue weighted by atomic mass is 33.5. The Morgan fingerprint density at radius 3 is 3.00 bits per heavy atom. The molecule has 0 saturated heterocycles. The molecule has 0 unspecified atom stereocenters. The molecule has 1 heterocycles. The second-order valence-electron chi connectivity index (χ2n) is 2.57. The van der Waals surface area contributed by atoms with Crippen LogP contribution in [0.3, 0.4) is 0 Å². The summed E-state index contributed by atoms with van der Waals surface area (Å²) in [6.45, 7) is 0. The molecule has 0 aliphatic rings. The summed E-state index contributed by atoms with van der Waals surface area (Å²) in [6, 6.07) is 5.28. The van der Waals surface area contributed by atoms with E-state index in [0.29, 0.717) is 0 Å². The molecule has 0 amide bonds. The Labute approximate surface area is 93.5 Å². The van der Waals surface area contributed by atoms with Crippen LogP contribution in [0.25, 0.3) is 10.9 Å². The minimum atomic E-state index is 0.247. The van der Waals surface area contributed by atoms with Crippen molar-refractivity contribution in [1.29, 1.82) is 0 Å². The summed E-state index contributed by atoms with van der Waals surface area (Å²) in [5.74, 6) is 0.247. The van der Waals surface area contributed by atoms with Crippen LogP contribution in [0, 0.1) is 0 Å². The molecule has 2 aromatic rings. The lowest BCUT2D eigenvalue weighted by Gasteiger charge is -2.02. The van der Waals surface area contributed by atoms with Gasteiger partial charge in [0.2, 0.25) is 0 Å². The summed E-state index contributed by atoms with van der Waals surface area (Å²) in [6.07, 6.45) is 1.60. The molecule has 72 valence electrons. The maximum atomic E-state index is 9.62. The standard InChI is InChI=1S/C8H6N2OS3/c11-7-3-5-1-2-9-10-6(5)4-8(7)13-14-12/h1-4,11-12H. The summed E-state index contributed by atoms with van der Waals surface area (Å²) >= 11 is 4.01. The van der Waals surface area contributed by atoms with E-state index in [4.69, 9.17) is 0 Å². The second-order valence-corrected chi connectivity index (χ2v) is 5.61.